The lowest BCUT2D eigenvalue weighted by Gasteiger charge is -2.30. The van der Waals surface area contributed by atoms with E-state index in [1.807, 2.05) is 4.90 Å². The molecule has 30 heavy (non-hydrogen) atoms. The number of H-pyrrole nitrogens is 1. The number of hydrogen-bond donors (Lipinski definition) is 2. The molecule has 0 unspecified atom stereocenters. The molecule has 9 nitrogen and oxygen atoms in total. The Balaban J connectivity index is 1.12. The molecule has 2 fully saturated rings. The molecule has 3 aromatic rings. The van der Waals surface area contributed by atoms with Crippen LogP contribution >= 0.6 is 11.3 Å². The molecule has 2 N–H and O–H groups in total. The van der Waals surface area contributed by atoms with Crippen LogP contribution in [0.3, 0.4) is 0 Å². The molecule has 0 bridgehead atoms. The van der Waals surface area contributed by atoms with Gasteiger partial charge in [0.1, 0.15) is 5.82 Å². The van der Waals surface area contributed by atoms with Crippen molar-refractivity contribution in [1.29, 1.82) is 0 Å². The third-order valence-electron chi connectivity index (χ3n) is 5.55. The summed E-state index contributed by atoms with van der Waals surface area (Å²) in [7, 11) is 0. The van der Waals surface area contributed by atoms with Crippen LogP contribution in [0, 0.1) is 0 Å². The average molecular weight is 427 g/mol. The van der Waals surface area contributed by atoms with Gasteiger partial charge < -0.3 is 9.32 Å². The van der Waals surface area contributed by atoms with Crippen LogP contribution in [0.15, 0.2) is 28.2 Å². The van der Waals surface area contributed by atoms with Crippen molar-refractivity contribution in [3.8, 4) is 0 Å². The molecule has 1 aliphatic carbocycles. The van der Waals surface area contributed by atoms with Crippen molar-refractivity contribution in [3.05, 3.63) is 46.9 Å². The quantitative estimate of drug-likeness (QED) is 0.626. The van der Waals surface area contributed by atoms with Crippen LogP contribution in [0.25, 0.3) is 0 Å². The predicted molar refractivity (Wildman–Crippen MR) is 109 cm³/mol. The van der Waals surface area contributed by atoms with E-state index < -0.39 is 0 Å². The van der Waals surface area contributed by atoms with E-state index in [0.717, 1.165) is 24.5 Å². The number of carbonyl (C=O) groups excluding carboxylic acids is 2. The highest BCUT2D eigenvalue weighted by atomic mass is 32.1. The number of amides is 2. The minimum Gasteiger partial charge on any atom is -0.459 e. The molecule has 1 saturated heterocycles. The molecule has 156 valence electrons. The Morgan fingerprint density at radius 2 is 2.03 bits per heavy atom. The van der Waals surface area contributed by atoms with E-state index >= 15 is 0 Å². The normalized spacial score (nSPS) is 17.3. The summed E-state index contributed by atoms with van der Waals surface area (Å²) in [6.07, 6.45) is 5.81. The van der Waals surface area contributed by atoms with E-state index in [1.54, 1.807) is 17.5 Å². The largest absolute Gasteiger partial charge is 0.459 e. The van der Waals surface area contributed by atoms with Gasteiger partial charge in [-0.15, -0.1) is 11.3 Å². The second kappa shape index (κ2) is 8.02. The maximum absolute atomic E-state index is 12.7. The molecule has 5 rings (SSSR count). The first-order valence-electron chi connectivity index (χ1n) is 10.1. The zero-order chi connectivity index (χ0) is 20.5. The summed E-state index contributed by atoms with van der Waals surface area (Å²) in [5.74, 6) is 2.70. The lowest BCUT2D eigenvalue weighted by atomic mass is 9.96. The van der Waals surface area contributed by atoms with Crippen molar-refractivity contribution in [2.24, 2.45) is 0 Å². The lowest BCUT2D eigenvalue weighted by Crippen LogP contribution is -2.39. The highest BCUT2D eigenvalue weighted by molar-refractivity contribution is 7.14. The maximum Gasteiger partial charge on any atom is 0.293 e. The highest BCUT2D eigenvalue weighted by Gasteiger charge is 2.30. The number of rotatable bonds is 6. The van der Waals surface area contributed by atoms with Gasteiger partial charge in [-0.1, -0.05) is 0 Å². The molecular formula is C20H22N6O3S. The second-order valence-corrected chi connectivity index (χ2v) is 8.62. The fourth-order valence-corrected chi connectivity index (χ4v) is 4.38. The second-order valence-electron chi connectivity index (χ2n) is 7.76. The van der Waals surface area contributed by atoms with Crippen molar-refractivity contribution < 1.29 is 14.0 Å². The molecule has 0 aromatic carbocycles. The molecule has 0 spiro atoms. The van der Waals surface area contributed by atoms with E-state index in [1.165, 1.54) is 30.4 Å². The number of carbonyl (C=O) groups is 2. The number of likely N-dealkylation sites (tertiary alicyclic amines) is 1. The molecule has 1 aliphatic heterocycles. The summed E-state index contributed by atoms with van der Waals surface area (Å²) >= 11 is 1.30. The summed E-state index contributed by atoms with van der Waals surface area (Å²) in [6, 6.07) is 3.24. The Bertz CT molecular complexity index is 1030. The van der Waals surface area contributed by atoms with Gasteiger partial charge in [-0.05, 0) is 37.8 Å². The highest BCUT2D eigenvalue weighted by Crippen LogP contribution is 2.38. The molecule has 3 aromatic heterocycles. The monoisotopic (exact) mass is 426 g/mol. The van der Waals surface area contributed by atoms with Crippen LogP contribution < -0.4 is 5.32 Å². The molecule has 0 atom stereocenters. The summed E-state index contributed by atoms with van der Waals surface area (Å²) in [4.78, 5) is 35.6. The van der Waals surface area contributed by atoms with E-state index in [9.17, 15) is 9.59 Å². The number of hydrogen-bond acceptors (Lipinski definition) is 7. The number of furan rings is 1. The number of nitrogens with one attached hydrogen (secondary N) is 2. The van der Waals surface area contributed by atoms with Crippen LogP contribution in [0.1, 0.15) is 65.4 Å². The van der Waals surface area contributed by atoms with E-state index in [2.05, 4.69) is 25.5 Å². The summed E-state index contributed by atoms with van der Waals surface area (Å²) in [5.41, 5.74) is 0.658. The summed E-state index contributed by atoms with van der Waals surface area (Å²) in [6.45, 7) is 1.41. The maximum atomic E-state index is 12.7. The molecule has 2 aliphatic rings. The zero-order valence-corrected chi connectivity index (χ0v) is 17.2. The van der Waals surface area contributed by atoms with Gasteiger partial charge in [0.25, 0.3) is 5.91 Å². The SMILES string of the molecule is O=C(Nc1nc(CC(=O)N2CCC(c3nc(C4CC4)n[nH]3)CC2)cs1)c1ccco1. The minimum absolute atomic E-state index is 0.0545. The summed E-state index contributed by atoms with van der Waals surface area (Å²) in [5, 5.41) is 12.4. The molecular weight excluding hydrogens is 404 g/mol. The summed E-state index contributed by atoms with van der Waals surface area (Å²) < 4.78 is 5.07. The first-order chi connectivity index (χ1) is 14.7. The number of nitrogens with zero attached hydrogens (tertiary/aromatic N) is 4. The van der Waals surface area contributed by atoms with Crippen LogP contribution in [0.4, 0.5) is 5.13 Å². The van der Waals surface area contributed by atoms with Crippen LogP contribution in [0.2, 0.25) is 0 Å². The topological polar surface area (TPSA) is 117 Å². The first-order valence-corrected chi connectivity index (χ1v) is 11.0. The number of aromatic amines is 1. The first kappa shape index (κ1) is 19.0. The number of aromatic nitrogens is 4. The fourth-order valence-electron chi connectivity index (χ4n) is 3.68. The predicted octanol–water partition coefficient (Wildman–Crippen LogP) is 2.93. The van der Waals surface area contributed by atoms with Gasteiger partial charge in [-0.3, -0.25) is 20.0 Å². The standard InChI is InChI=1S/C20H22N6O3S/c27-16(10-14-11-30-20(21-14)23-19(28)15-2-1-9-29-15)26-7-5-13(6-8-26)18-22-17(24-25-18)12-3-4-12/h1-2,9,11-13H,3-8,10H2,(H,21,23,28)(H,22,24,25). The third-order valence-corrected chi connectivity index (χ3v) is 6.35. The van der Waals surface area contributed by atoms with Crippen LogP contribution in [-0.2, 0) is 11.2 Å². The lowest BCUT2D eigenvalue weighted by molar-refractivity contribution is -0.131. The Hall–Kier alpha value is -3.01. The van der Waals surface area contributed by atoms with E-state index in [4.69, 9.17) is 4.42 Å². The molecule has 0 radical (unpaired) electrons. The van der Waals surface area contributed by atoms with Gasteiger partial charge in [0.2, 0.25) is 5.91 Å². The number of anilines is 1. The smallest absolute Gasteiger partial charge is 0.293 e. The average Bonchev–Trinajstić information content (AvgIpc) is 3.17. The van der Waals surface area contributed by atoms with Gasteiger partial charge in [-0.2, -0.15) is 5.10 Å². The Morgan fingerprint density at radius 3 is 2.77 bits per heavy atom. The van der Waals surface area contributed by atoms with Gasteiger partial charge in [0, 0.05) is 30.3 Å². The van der Waals surface area contributed by atoms with Crippen molar-refractivity contribution in [1.82, 2.24) is 25.1 Å². The number of piperidine rings is 1. The van der Waals surface area contributed by atoms with Gasteiger partial charge in [-0.25, -0.2) is 9.97 Å². The van der Waals surface area contributed by atoms with Gasteiger partial charge in [0.05, 0.1) is 18.4 Å². The van der Waals surface area contributed by atoms with Gasteiger partial charge in [0.15, 0.2) is 16.7 Å². The molecule has 1 saturated carbocycles. The van der Waals surface area contributed by atoms with Gasteiger partial charge >= 0.3 is 0 Å². The fraction of sp³-hybridized carbons (Fsp3) is 0.450. The van der Waals surface area contributed by atoms with E-state index in [-0.39, 0.29) is 24.0 Å². The number of thiazole rings is 1. The third kappa shape index (κ3) is 4.13. The molecule has 2 amide bonds. The Morgan fingerprint density at radius 1 is 1.20 bits per heavy atom. The molecule has 4 heterocycles. The Labute approximate surface area is 176 Å². The molecule has 10 heteroatoms. The van der Waals surface area contributed by atoms with Crippen molar-refractivity contribution >= 4 is 28.3 Å². The van der Waals surface area contributed by atoms with Crippen LogP contribution in [0.5, 0.6) is 0 Å². The minimum atomic E-state index is -0.355. The Kier molecular flexibility index (Phi) is 5.07. The van der Waals surface area contributed by atoms with Crippen molar-refractivity contribution in [2.45, 2.75) is 43.9 Å². The van der Waals surface area contributed by atoms with Crippen molar-refractivity contribution in [2.75, 3.05) is 18.4 Å². The zero-order valence-electron chi connectivity index (χ0n) is 16.3. The van der Waals surface area contributed by atoms with Crippen LogP contribution in [-0.4, -0.2) is 50.0 Å². The van der Waals surface area contributed by atoms with Crippen molar-refractivity contribution in [3.63, 3.8) is 0 Å². The van der Waals surface area contributed by atoms with E-state index in [0.29, 0.717) is 35.8 Å².